The minimum absolute atomic E-state index is 0.108. The molecule has 28 heavy (non-hydrogen) atoms. The second-order valence-electron chi connectivity index (χ2n) is 6.93. The predicted octanol–water partition coefficient (Wildman–Crippen LogP) is 3.47. The van der Waals surface area contributed by atoms with Crippen molar-refractivity contribution in [3.05, 3.63) is 88.5 Å². The van der Waals surface area contributed by atoms with Crippen LogP contribution in [0.15, 0.2) is 54.6 Å². The van der Waals surface area contributed by atoms with Crippen LogP contribution in [0.3, 0.4) is 0 Å². The molecule has 0 atom stereocenters. The second-order valence-corrected chi connectivity index (χ2v) is 6.93. The molecule has 2 aromatic carbocycles. The molecule has 0 unspecified atom stereocenters. The van der Waals surface area contributed by atoms with Crippen molar-refractivity contribution in [1.82, 2.24) is 14.7 Å². The molecule has 0 N–H and O–H groups in total. The predicted molar refractivity (Wildman–Crippen MR) is 103 cm³/mol. The number of hydrogen-bond acceptors (Lipinski definition) is 3. The Morgan fingerprint density at radius 3 is 2.64 bits per heavy atom. The van der Waals surface area contributed by atoms with Gasteiger partial charge in [-0.3, -0.25) is 9.48 Å². The van der Waals surface area contributed by atoms with Crippen LogP contribution in [0, 0.1) is 5.82 Å². The molecule has 6 heteroatoms. The molecule has 0 fully saturated rings. The van der Waals surface area contributed by atoms with Gasteiger partial charge >= 0.3 is 0 Å². The Morgan fingerprint density at radius 1 is 1.11 bits per heavy atom. The molecule has 2 heterocycles. The van der Waals surface area contributed by atoms with Gasteiger partial charge in [0, 0.05) is 37.8 Å². The monoisotopic (exact) mass is 379 g/mol. The topological polar surface area (TPSA) is 47.4 Å². The number of aromatic nitrogens is 2. The lowest BCUT2D eigenvalue weighted by Crippen LogP contribution is -2.37. The quantitative estimate of drug-likeness (QED) is 0.682. The average molecular weight is 379 g/mol. The van der Waals surface area contributed by atoms with E-state index in [2.05, 4.69) is 5.10 Å². The molecule has 4 rings (SSSR count). The maximum Gasteiger partial charge on any atom is 0.257 e. The van der Waals surface area contributed by atoms with E-state index >= 15 is 0 Å². The fourth-order valence-electron chi connectivity index (χ4n) is 3.60. The van der Waals surface area contributed by atoms with E-state index in [9.17, 15) is 9.18 Å². The van der Waals surface area contributed by atoms with Crippen molar-refractivity contribution in [3.63, 3.8) is 0 Å². The summed E-state index contributed by atoms with van der Waals surface area (Å²) in [6.07, 6.45) is 0.692. The Labute approximate surface area is 163 Å². The third-order valence-electron chi connectivity index (χ3n) is 5.07. The molecular weight excluding hydrogens is 357 g/mol. The highest BCUT2D eigenvalue weighted by molar-refractivity contribution is 5.94. The Kier molecular flexibility index (Phi) is 5.21. The maximum atomic E-state index is 14.0. The van der Waals surface area contributed by atoms with E-state index in [4.69, 9.17) is 4.74 Å². The summed E-state index contributed by atoms with van der Waals surface area (Å²) in [5.74, 6) is -0.778. The molecule has 0 saturated carbocycles. The Morgan fingerprint density at radius 2 is 1.86 bits per heavy atom. The smallest absolute Gasteiger partial charge is 0.257 e. The summed E-state index contributed by atoms with van der Waals surface area (Å²) < 4.78 is 21.7. The summed E-state index contributed by atoms with van der Waals surface area (Å²) in [5, 5.41) is 4.59. The SMILES string of the molecule is Cn1nc(COCc2ccccc2)c2c1CCN(C(=O)c1ccccc1F)C2. The molecule has 144 valence electrons. The van der Waals surface area contributed by atoms with E-state index in [0.29, 0.717) is 32.7 Å². The Balaban J connectivity index is 1.48. The summed E-state index contributed by atoms with van der Waals surface area (Å²) in [5.41, 5.74) is 4.15. The molecule has 1 aromatic heterocycles. The number of fused-ring (bicyclic) bond motifs is 1. The van der Waals surface area contributed by atoms with Gasteiger partial charge in [-0.15, -0.1) is 0 Å². The fraction of sp³-hybridized carbons (Fsp3) is 0.273. The van der Waals surface area contributed by atoms with Crippen molar-refractivity contribution in [2.75, 3.05) is 6.54 Å². The van der Waals surface area contributed by atoms with Gasteiger partial charge in [-0.2, -0.15) is 5.10 Å². The summed E-state index contributed by atoms with van der Waals surface area (Å²) in [4.78, 5) is 14.5. The zero-order valence-corrected chi connectivity index (χ0v) is 15.8. The van der Waals surface area contributed by atoms with Crippen LogP contribution >= 0.6 is 0 Å². The van der Waals surface area contributed by atoms with E-state index in [1.165, 1.54) is 12.1 Å². The molecule has 0 saturated heterocycles. The molecule has 3 aromatic rings. The lowest BCUT2D eigenvalue weighted by Gasteiger charge is -2.28. The van der Waals surface area contributed by atoms with Gasteiger partial charge in [-0.05, 0) is 17.7 Å². The highest BCUT2D eigenvalue weighted by atomic mass is 19.1. The number of halogens is 1. The van der Waals surface area contributed by atoms with Gasteiger partial charge in [-0.1, -0.05) is 42.5 Å². The highest BCUT2D eigenvalue weighted by Gasteiger charge is 2.28. The van der Waals surface area contributed by atoms with E-state index < -0.39 is 5.82 Å². The van der Waals surface area contributed by atoms with Crippen LogP contribution in [0.1, 0.15) is 32.9 Å². The van der Waals surface area contributed by atoms with Gasteiger partial charge in [0.15, 0.2) is 0 Å². The molecule has 0 bridgehead atoms. The Bertz CT molecular complexity index is 985. The van der Waals surface area contributed by atoms with Crippen molar-refractivity contribution in [3.8, 4) is 0 Å². The first-order valence-corrected chi connectivity index (χ1v) is 9.32. The normalized spacial score (nSPS) is 13.4. The van der Waals surface area contributed by atoms with Crippen LogP contribution < -0.4 is 0 Å². The first kappa shape index (κ1) is 18.4. The highest BCUT2D eigenvalue weighted by Crippen LogP contribution is 2.24. The summed E-state index contributed by atoms with van der Waals surface area (Å²) in [7, 11) is 1.91. The number of rotatable bonds is 5. The molecular formula is C22H22FN3O2. The molecule has 0 aliphatic carbocycles. The van der Waals surface area contributed by atoms with Crippen molar-refractivity contribution in [1.29, 1.82) is 0 Å². The van der Waals surface area contributed by atoms with Gasteiger partial charge in [0.2, 0.25) is 0 Å². The molecule has 0 radical (unpaired) electrons. The lowest BCUT2D eigenvalue weighted by atomic mass is 10.0. The van der Waals surface area contributed by atoms with Gasteiger partial charge in [0.05, 0.1) is 24.5 Å². The Hall–Kier alpha value is -2.99. The number of nitrogens with zero attached hydrogens (tertiary/aromatic N) is 3. The van der Waals surface area contributed by atoms with E-state index in [-0.39, 0.29) is 11.5 Å². The standard InChI is InChI=1S/C22H22FN3O2/c1-25-21-11-12-26(22(27)17-9-5-6-10-19(17)23)13-18(21)20(24-25)15-28-14-16-7-3-2-4-8-16/h2-10H,11-15H2,1H3. The maximum absolute atomic E-state index is 14.0. The fourth-order valence-corrected chi connectivity index (χ4v) is 3.60. The lowest BCUT2D eigenvalue weighted by molar-refractivity contribution is 0.0723. The van der Waals surface area contributed by atoms with Crippen LogP contribution in [0.5, 0.6) is 0 Å². The number of ether oxygens (including phenoxy) is 1. The third-order valence-corrected chi connectivity index (χ3v) is 5.07. The molecule has 0 spiro atoms. The van der Waals surface area contributed by atoms with Gasteiger partial charge in [-0.25, -0.2) is 4.39 Å². The number of carbonyl (C=O) groups excluding carboxylic acids is 1. The van der Waals surface area contributed by atoms with Gasteiger partial charge < -0.3 is 9.64 Å². The number of hydrogen-bond donors (Lipinski definition) is 0. The second kappa shape index (κ2) is 7.94. The number of benzene rings is 2. The number of amides is 1. The van der Waals surface area contributed by atoms with Crippen LogP contribution in [0.4, 0.5) is 4.39 Å². The van der Waals surface area contributed by atoms with Crippen molar-refractivity contribution in [2.45, 2.75) is 26.2 Å². The van der Waals surface area contributed by atoms with Crippen LogP contribution in [-0.2, 0) is 38.0 Å². The molecule has 1 aliphatic rings. The third kappa shape index (κ3) is 3.68. The van der Waals surface area contributed by atoms with E-state index in [0.717, 1.165) is 22.5 Å². The van der Waals surface area contributed by atoms with E-state index in [1.54, 1.807) is 17.0 Å². The first-order valence-electron chi connectivity index (χ1n) is 9.32. The van der Waals surface area contributed by atoms with Gasteiger partial charge in [0.25, 0.3) is 5.91 Å². The van der Waals surface area contributed by atoms with Crippen molar-refractivity contribution in [2.24, 2.45) is 7.05 Å². The van der Waals surface area contributed by atoms with Crippen LogP contribution in [0.2, 0.25) is 0 Å². The van der Waals surface area contributed by atoms with Crippen LogP contribution in [-0.4, -0.2) is 27.1 Å². The minimum Gasteiger partial charge on any atom is -0.370 e. The summed E-state index contributed by atoms with van der Waals surface area (Å²) in [6.45, 7) is 1.84. The summed E-state index contributed by atoms with van der Waals surface area (Å²) in [6, 6.07) is 16.1. The zero-order valence-electron chi connectivity index (χ0n) is 15.8. The number of aryl methyl sites for hydroxylation is 1. The van der Waals surface area contributed by atoms with Crippen molar-refractivity contribution >= 4 is 5.91 Å². The molecule has 5 nitrogen and oxygen atoms in total. The zero-order chi connectivity index (χ0) is 19.5. The largest absolute Gasteiger partial charge is 0.370 e. The van der Waals surface area contributed by atoms with Gasteiger partial charge in [0.1, 0.15) is 5.82 Å². The average Bonchev–Trinajstić information content (AvgIpc) is 3.04. The summed E-state index contributed by atoms with van der Waals surface area (Å²) >= 11 is 0. The first-order chi connectivity index (χ1) is 13.6. The number of carbonyl (C=O) groups is 1. The minimum atomic E-state index is -0.490. The molecule has 1 amide bonds. The van der Waals surface area contributed by atoms with Crippen LogP contribution in [0.25, 0.3) is 0 Å². The van der Waals surface area contributed by atoms with Crippen molar-refractivity contribution < 1.29 is 13.9 Å². The molecule has 1 aliphatic heterocycles. The van der Waals surface area contributed by atoms with E-state index in [1.807, 2.05) is 42.1 Å².